The topological polar surface area (TPSA) is 208 Å². The molecule has 0 saturated carbocycles. The molecule has 220 valence electrons. The Hall–Kier alpha value is -1.40. The number of carbonyl (C=O) groups excluding carboxylic acids is 2. The van der Waals surface area contributed by atoms with Gasteiger partial charge in [-0.2, -0.15) is 16.8 Å². The minimum atomic E-state index is -3.92. The molecule has 0 aromatic heterocycles. The van der Waals surface area contributed by atoms with Crippen molar-refractivity contribution in [3.63, 3.8) is 0 Å². The number of aliphatic hydroxyl groups is 2. The van der Waals surface area contributed by atoms with Gasteiger partial charge in [-0.3, -0.25) is 28.5 Å². The molecule has 0 radical (unpaired) electrons. The maximum Gasteiger partial charge on any atom is 0.323 e. The van der Waals surface area contributed by atoms with E-state index in [0.717, 1.165) is 12.8 Å². The first-order chi connectivity index (χ1) is 16.3. The molecule has 4 N–H and O–H groups in total. The highest BCUT2D eigenvalue weighted by Gasteiger charge is 2.16. The lowest BCUT2D eigenvalue weighted by Gasteiger charge is -2.17. The predicted molar refractivity (Wildman–Crippen MR) is 136 cm³/mol. The van der Waals surface area contributed by atoms with E-state index in [1.807, 2.05) is 65.7 Å². The fourth-order valence-electron chi connectivity index (χ4n) is 1.30. The van der Waals surface area contributed by atoms with Gasteiger partial charge in [0.15, 0.2) is 0 Å². The molecule has 16 heteroatoms. The standard InChI is InChI=1S/2C8H17NO2.2C2H6O4S/c2*1-5-6-11-8(10)7(2)9(3)4;2*3-1-2-7(4,5)6/h2*7H,5-6H2,1-4H3;2*3H,1-2H2,(H,4,5,6). The van der Waals surface area contributed by atoms with E-state index in [0.29, 0.717) is 13.2 Å². The van der Waals surface area contributed by atoms with Crippen molar-refractivity contribution in [3.05, 3.63) is 0 Å². The van der Waals surface area contributed by atoms with Crippen LogP contribution in [0.25, 0.3) is 0 Å². The fourth-order valence-corrected chi connectivity index (χ4v) is 1.76. The maximum absolute atomic E-state index is 11.1. The Balaban J connectivity index is -0.000000194. The lowest BCUT2D eigenvalue weighted by molar-refractivity contribution is -0.149. The van der Waals surface area contributed by atoms with E-state index in [2.05, 4.69) is 0 Å². The van der Waals surface area contributed by atoms with Crippen LogP contribution in [0.4, 0.5) is 0 Å². The smallest absolute Gasteiger partial charge is 0.323 e. The lowest BCUT2D eigenvalue weighted by atomic mass is 10.3. The van der Waals surface area contributed by atoms with Crippen molar-refractivity contribution in [2.45, 2.75) is 52.6 Å². The number of rotatable bonds is 12. The van der Waals surface area contributed by atoms with Crippen LogP contribution in [0.5, 0.6) is 0 Å². The normalized spacial score (nSPS) is 12.6. The molecule has 0 aromatic carbocycles. The zero-order valence-electron chi connectivity index (χ0n) is 22.6. The van der Waals surface area contributed by atoms with E-state index in [1.54, 1.807) is 0 Å². The van der Waals surface area contributed by atoms with Crippen LogP contribution < -0.4 is 0 Å². The van der Waals surface area contributed by atoms with Crippen molar-refractivity contribution in [2.75, 3.05) is 66.1 Å². The van der Waals surface area contributed by atoms with E-state index in [9.17, 15) is 26.4 Å². The second kappa shape index (κ2) is 24.0. The van der Waals surface area contributed by atoms with Crippen molar-refractivity contribution in [2.24, 2.45) is 0 Å². The van der Waals surface area contributed by atoms with Gasteiger partial charge in [-0.05, 0) is 54.9 Å². The number of hydrogen-bond donors (Lipinski definition) is 4. The summed E-state index contributed by atoms with van der Waals surface area (Å²) in [5.41, 5.74) is 0. The molecule has 14 nitrogen and oxygen atoms in total. The van der Waals surface area contributed by atoms with Crippen molar-refractivity contribution < 1.29 is 55.2 Å². The second-order valence-electron chi connectivity index (χ2n) is 7.63. The first-order valence-corrected chi connectivity index (χ1v) is 14.3. The number of nitrogens with zero attached hydrogens (tertiary/aromatic N) is 2. The summed E-state index contributed by atoms with van der Waals surface area (Å²) in [7, 11) is -0.412. The van der Waals surface area contributed by atoms with E-state index < -0.39 is 45.0 Å². The number of esters is 2. The summed E-state index contributed by atoms with van der Waals surface area (Å²) in [5, 5.41) is 15.7. The molecule has 0 fully saturated rings. The molecular formula is C20H46N2O12S2. The van der Waals surface area contributed by atoms with Gasteiger partial charge in [-0.1, -0.05) is 13.8 Å². The van der Waals surface area contributed by atoms with Gasteiger partial charge in [-0.15, -0.1) is 0 Å². The number of carbonyl (C=O) groups is 2. The molecule has 0 aromatic rings. The van der Waals surface area contributed by atoms with Crippen LogP contribution in [0.15, 0.2) is 0 Å². The summed E-state index contributed by atoms with van der Waals surface area (Å²) in [5.74, 6) is -1.44. The highest BCUT2D eigenvalue weighted by molar-refractivity contribution is 7.86. The van der Waals surface area contributed by atoms with Crippen molar-refractivity contribution in [1.82, 2.24) is 9.80 Å². The number of hydrogen-bond acceptors (Lipinski definition) is 12. The summed E-state index contributed by atoms with van der Waals surface area (Å²) >= 11 is 0. The predicted octanol–water partition coefficient (Wildman–Crippen LogP) is -0.488. The van der Waals surface area contributed by atoms with Gasteiger partial charge in [0, 0.05) is 0 Å². The average Bonchev–Trinajstić information content (AvgIpc) is 2.74. The van der Waals surface area contributed by atoms with Crippen LogP contribution in [0.3, 0.4) is 0 Å². The Bertz CT molecular complexity index is 693. The largest absolute Gasteiger partial charge is 0.465 e. The Morgan fingerprint density at radius 2 is 0.944 bits per heavy atom. The van der Waals surface area contributed by atoms with E-state index >= 15 is 0 Å². The summed E-state index contributed by atoms with van der Waals surface area (Å²) in [6.07, 6.45) is 1.76. The molecular weight excluding hydrogens is 524 g/mol. The van der Waals surface area contributed by atoms with E-state index in [4.69, 9.17) is 28.8 Å². The van der Waals surface area contributed by atoms with Gasteiger partial charge in [0.05, 0.1) is 37.9 Å². The third kappa shape index (κ3) is 34.8. The van der Waals surface area contributed by atoms with Gasteiger partial charge in [-0.25, -0.2) is 0 Å². The molecule has 0 spiro atoms. The third-order valence-electron chi connectivity index (χ3n) is 3.83. The molecule has 0 saturated heterocycles. The van der Waals surface area contributed by atoms with Crippen molar-refractivity contribution in [3.8, 4) is 0 Å². The number of aliphatic hydroxyl groups excluding tert-OH is 2. The quantitative estimate of drug-likeness (QED) is 0.172. The van der Waals surface area contributed by atoms with Crippen LogP contribution in [0.1, 0.15) is 40.5 Å². The average molecular weight is 571 g/mol. The Labute approximate surface area is 216 Å². The monoisotopic (exact) mass is 570 g/mol. The molecule has 0 aliphatic heterocycles. The number of ether oxygens (including phenoxy) is 2. The van der Waals surface area contributed by atoms with Crippen LogP contribution >= 0.6 is 0 Å². The summed E-state index contributed by atoms with van der Waals surface area (Å²) in [6.45, 7) is 7.61. The van der Waals surface area contributed by atoms with Crippen molar-refractivity contribution >= 4 is 32.2 Å². The SMILES string of the molecule is CCCOC(=O)C(C)N(C)C.CCCOC(=O)C(C)N(C)C.O=S(=O)(O)CCO.O=S(=O)(O)CCO. The van der Waals surface area contributed by atoms with E-state index in [-0.39, 0.29) is 24.0 Å². The molecule has 0 aliphatic rings. The first-order valence-electron chi connectivity index (χ1n) is 11.1. The zero-order valence-corrected chi connectivity index (χ0v) is 24.2. The van der Waals surface area contributed by atoms with Gasteiger partial charge in [0.1, 0.15) is 12.1 Å². The molecule has 2 atom stereocenters. The molecule has 2 unspecified atom stereocenters. The van der Waals surface area contributed by atoms with Crippen LogP contribution in [-0.4, -0.2) is 136 Å². The van der Waals surface area contributed by atoms with E-state index in [1.165, 1.54) is 0 Å². The van der Waals surface area contributed by atoms with Gasteiger partial charge >= 0.3 is 11.9 Å². The Morgan fingerprint density at radius 3 is 1.06 bits per heavy atom. The third-order valence-corrected chi connectivity index (χ3v) is 5.22. The molecule has 36 heavy (non-hydrogen) atoms. The Morgan fingerprint density at radius 1 is 0.694 bits per heavy atom. The first kappa shape index (κ1) is 41.7. The highest BCUT2D eigenvalue weighted by Crippen LogP contribution is 1.96. The summed E-state index contributed by atoms with van der Waals surface area (Å²) in [6, 6.07) is -0.275. The lowest BCUT2D eigenvalue weighted by Crippen LogP contribution is -2.34. The van der Waals surface area contributed by atoms with Crippen molar-refractivity contribution in [1.29, 1.82) is 0 Å². The molecule has 0 aliphatic carbocycles. The molecule has 0 heterocycles. The molecule has 0 amide bonds. The molecule has 0 rings (SSSR count). The minimum Gasteiger partial charge on any atom is -0.465 e. The van der Waals surface area contributed by atoms with Gasteiger partial charge in [0.2, 0.25) is 0 Å². The second-order valence-corrected chi connectivity index (χ2v) is 10.8. The van der Waals surface area contributed by atoms with Crippen LogP contribution in [-0.2, 0) is 39.3 Å². The van der Waals surface area contributed by atoms with Gasteiger partial charge in [0.25, 0.3) is 20.2 Å². The highest BCUT2D eigenvalue weighted by atomic mass is 32.2. The number of likely N-dealkylation sites (N-methyl/N-ethyl adjacent to an activating group) is 2. The fraction of sp³-hybridized carbons (Fsp3) is 0.900. The zero-order chi connectivity index (χ0) is 29.5. The maximum atomic E-state index is 11.1. The van der Waals surface area contributed by atoms with Gasteiger partial charge < -0.3 is 19.7 Å². The minimum absolute atomic E-state index is 0.137. The van der Waals surface area contributed by atoms with Crippen LogP contribution in [0, 0.1) is 0 Å². The summed E-state index contributed by atoms with van der Waals surface area (Å²) < 4.78 is 64.0. The Kier molecular flexibility index (Phi) is 27.8. The summed E-state index contributed by atoms with van der Waals surface area (Å²) in [4.78, 5) is 25.8. The van der Waals surface area contributed by atoms with Crippen LogP contribution in [0.2, 0.25) is 0 Å². The molecule has 0 bridgehead atoms.